The minimum atomic E-state index is -3.74. The number of aliphatic hydroxyl groups is 1. The standard InChI is InChI=1S/C24H27N3O3S/c28-22-13-15-26(16-14-22)24-12-11-23(17-25-24)31(29,30)27(18-20-7-3-1-4-8-20)19-21-9-5-2-6-10-21/h1-12,17,22,28H,13-16,18-19H2. The number of nitrogens with zero attached hydrogens (tertiary/aromatic N) is 3. The maximum absolute atomic E-state index is 13.5. The predicted octanol–water partition coefficient (Wildman–Crippen LogP) is 3.43. The number of aliphatic hydroxyl groups excluding tert-OH is 1. The van der Waals surface area contributed by atoms with Gasteiger partial charge in [-0.2, -0.15) is 4.31 Å². The second kappa shape index (κ2) is 9.60. The Morgan fingerprint density at radius 3 is 1.90 bits per heavy atom. The molecule has 1 aliphatic rings. The fraction of sp³-hybridized carbons (Fsp3) is 0.292. The lowest BCUT2D eigenvalue weighted by Gasteiger charge is -2.30. The van der Waals surface area contributed by atoms with Crippen molar-refractivity contribution in [3.8, 4) is 0 Å². The molecular weight excluding hydrogens is 410 g/mol. The molecule has 162 valence electrons. The van der Waals surface area contributed by atoms with Crippen molar-refractivity contribution in [1.29, 1.82) is 0 Å². The van der Waals surface area contributed by atoms with Gasteiger partial charge in [0.15, 0.2) is 0 Å². The van der Waals surface area contributed by atoms with Crippen molar-refractivity contribution in [3.05, 3.63) is 90.1 Å². The molecule has 1 fully saturated rings. The number of aromatic nitrogens is 1. The molecule has 4 rings (SSSR count). The van der Waals surface area contributed by atoms with E-state index in [1.165, 1.54) is 10.5 Å². The van der Waals surface area contributed by atoms with E-state index >= 15 is 0 Å². The second-order valence-electron chi connectivity index (χ2n) is 7.81. The zero-order valence-corrected chi connectivity index (χ0v) is 18.2. The van der Waals surface area contributed by atoms with Gasteiger partial charge in [0.1, 0.15) is 10.7 Å². The van der Waals surface area contributed by atoms with E-state index in [2.05, 4.69) is 9.88 Å². The smallest absolute Gasteiger partial charge is 0.245 e. The van der Waals surface area contributed by atoms with Crippen LogP contribution < -0.4 is 4.90 Å². The zero-order valence-electron chi connectivity index (χ0n) is 17.3. The number of pyridine rings is 1. The van der Waals surface area contributed by atoms with E-state index in [9.17, 15) is 13.5 Å². The molecule has 31 heavy (non-hydrogen) atoms. The van der Waals surface area contributed by atoms with Crippen molar-refractivity contribution in [2.24, 2.45) is 0 Å². The molecule has 1 N–H and O–H groups in total. The van der Waals surface area contributed by atoms with Crippen LogP contribution >= 0.6 is 0 Å². The second-order valence-corrected chi connectivity index (χ2v) is 9.75. The molecule has 3 aromatic rings. The van der Waals surface area contributed by atoms with Crippen LogP contribution in [-0.2, 0) is 23.1 Å². The topological polar surface area (TPSA) is 73.7 Å². The van der Waals surface area contributed by atoms with Gasteiger partial charge in [-0.25, -0.2) is 13.4 Å². The Morgan fingerprint density at radius 1 is 0.871 bits per heavy atom. The van der Waals surface area contributed by atoms with Crippen LogP contribution in [0.25, 0.3) is 0 Å². The maximum Gasteiger partial charge on any atom is 0.245 e. The van der Waals surface area contributed by atoms with E-state index < -0.39 is 10.0 Å². The highest BCUT2D eigenvalue weighted by Gasteiger charge is 2.26. The zero-order chi connectivity index (χ0) is 21.7. The highest BCUT2D eigenvalue weighted by Crippen LogP contribution is 2.24. The minimum Gasteiger partial charge on any atom is -0.393 e. The highest BCUT2D eigenvalue weighted by atomic mass is 32.2. The molecule has 2 heterocycles. The van der Waals surface area contributed by atoms with Crippen LogP contribution in [0.3, 0.4) is 0 Å². The van der Waals surface area contributed by atoms with Crippen LogP contribution in [0.2, 0.25) is 0 Å². The molecule has 1 aliphatic heterocycles. The Hall–Kier alpha value is -2.74. The Morgan fingerprint density at radius 2 is 1.42 bits per heavy atom. The normalized spacial score (nSPS) is 15.4. The van der Waals surface area contributed by atoms with Gasteiger partial charge >= 0.3 is 0 Å². The molecule has 1 saturated heterocycles. The van der Waals surface area contributed by atoms with Crippen molar-refractivity contribution in [2.45, 2.75) is 36.9 Å². The lowest BCUT2D eigenvalue weighted by molar-refractivity contribution is 0.145. The van der Waals surface area contributed by atoms with Crippen molar-refractivity contribution >= 4 is 15.8 Å². The summed E-state index contributed by atoms with van der Waals surface area (Å²) in [4.78, 5) is 6.69. The Balaban J connectivity index is 1.58. The minimum absolute atomic E-state index is 0.181. The summed E-state index contributed by atoms with van der Waals surface area (Å²) in [5.74, 6) is 0.739. The molecule has 0 atom stereocenters. The van der Waals surface area contributed by atoms with E-state index in [-0.39, 0.29) is 24.1 Å². The van der Waals surface area contributed by atoms with E-state index in [1.807, 2.05) is 60.7 Å². The van der Waals surface area contributed by atoms with E-state index in [1.54, 1.807) is 12.1 Å². The SMILES string of the molecule is O=S(=O)(c1ccc(N2CCC(O)CC2)nc1)N(Cc1ccccc1)Cc1ccccc1. The molecule has 0 spiro atoms. The third-order valence-electron chi connectivity index (χ3n) is 5.55. The van der Waals surface area contributed by atoms with Crippen LogP contribution in [0, 0.1) is 0 Å². The lowest BCUT2D eigenvalue weighted by Crippen LogP contribution is -2.36. The third-order valence-corrected chi connectivity index (χ3v) is 7.33. The number of rotatable bonds is 7. The quantitative estimate of drug-likeness (QED) is 0.613. The van der Waals surface area contributed by atoms with Gasteiger partial charge in [0, 0.05) is 32.4 Å². The van der Waals surface area contributed by atoms with Crippen LogP contribution in [0.4, 0.5) is 5.82 Å². The van der Waals surface area contributed by atoms with Crippen LogP contribution in [0.15, 0.2) is 83.9 Å². The molecule has 1 aromatic heterocycles. The van der Waals surface area contributed by atoms with Gasteiger partial charge < -0.3 is 10.0 Å². The summed E-state index contributed by atoms with van der Waals surface area (Å²) in [5.41, 5.74) is 1.86. The molecule has 0 radical (unpaired) electrons. The first kappa shape index (κ1) is 21.5. The van der Waals surface area contributed by atoms with Gasteiger partial charge in [-0.1, -0.05) is 60.7 Å². The summed E-state index contributed by atoms with van der Waals surface area (Å²) < 4.78 is 28.5. The van der Waals surface area contributed by atoms with Crippen molar-refractivity contribution in [1.82, 2.24) is 9.29 Å². The van der Waals surface area contributed by atoms with Gasteiger partial charge in [-0.3, -0.25) is 0 Å². The first-order valence-electron chi connectivity index (χ1n) is 10.5. The summed E-state index contributed by atoms with van der Waals surface area (Å²) in [6.45, 7) is 2.00. The van der Waals surface area contributed by atoms with Crippen molar-refractivity contribution < 1.29 is 13.5 Å². The van der Waals surface area contributed by atoms with Crippen LogP contribution in [-0.4, -0.2) is 42.0 Å². The molecule has 0 unspecified atom stereocenters. The van der Waals surface area contributed by atoms with Crippen molar-refractivity contribution in [2.75, 3.05) is 18.0 Å². The van der Waals surface area contributed by atoms with Gasteiger partial charge in [-0.05, 0) is 36.1 Å². The van der Waals surface area contributed by atoms with E-state index in [4.69, 9.17) is 0 Å². The molecule has 6 nitrogen and oxygen atoms in total. The monoisotopic (exact) mass is 437 g/mol. The molecule has 2 aromatic carbocycles. The largest absolute Gasteiger partial charge is 0.393 e. The summed E-state index contributed by atoms with van der Waals surface area (Å²) in [7, 11) is -3.74. The van der Waals surface area contributed by atoms with Crippen LogP contribution in [0.1, 0.15) is 24.0 Å². The van der Waals surface area contributed by atoms with Gasteiger partial charge in [0.2, 0.25) is 10.0 Å². The number of piperidine rings is 1. The highest BCUT2D eigenvalue weighted by molar-refractivity contribution is 7.89. The first-order valence-corrected chi connectivity index (χ1v) is 11.9. The average molecular weight is 438 g/mol. The molecule has 7 heteroatoms. The van der Waals surface area contributed by atoms with E-state index in [0.29, 0.717) is 25.9 Å². The molecule has 0 aliphatic carbocycles. The first-order chi connectivity index (χ1) is 15.0. The van der Waals surface area contributed by atoms with Gasteiger partial charge in [-0.15, -0.1) is 0 Å². The van der Waals surface area contributed by atoms with E-state index in [0.717, 1.165) is 16.9 Å². The summed E-state index contributed by atoms with van der Waals surface area (Å²) >= 11 is 0. The lowest BCUT2D eigenvalue weighted by atomic mass is 10.1. The molecule has 0 saturated carbocycles. The summed E-state index contributed by atoms with van der Waals surface area (Å²) in [5, 5.41) is 9.70. The molecular formula is C24H27N3O3S. The third kappa shape index (κ3) is 5.31. The summed E-state index contributed by atoms with van der Waals surface area (Å²) in [6.07, 6.45) is 2.58. The Kier molecular flexibility index (Phi) is 6.65. The number of hydrogen-bond acceptors (Lipinski definition) is 5. The van der Waals surface area contributed by atoms with Crippen LogP contribution in [0.5, 0.6) is 0 Å². The number of hydrogen-bond donors (Lipinski definition) is 1. The van der Waals surface area contributed by atoms with Gasteiger partial charge in [0.25, 0.3) is 0 Å². The number of sulfonamides is 1. The molecule has 0 bridgehead atoms. The number of benzene rings is 2. The van der Waals surface area contributed by atoms with Gasteiger partial charge in [0.05, 0.1) is 6.10 Å². The average Bonchev–Trinajstić information content (AvgIpc) is 2.81. The Labute approximate surface area is 183 Å². The number of anilines is 1. The fourth-order valence-corrected chi connectivity index (χ4v) is 5.12. The molecule has 0 amide bonds. The fourth-order valence-electron chi connectivity index (χ4n) is 3.76. The predicted molar refractivity (Wildman–Crippen MR) is 121 cm³/mol. The van der Waals surface area contributed by atoms with Crippen molar-refractivity contribution in [3.63, 3.8) is 0 Å². The maximum atomic E-state index is 13.5. The Bertz CT molecular complexity index is 1020. The summed E-state index contributed by atoms with van der Waals surface area (Å²) in [6, 6.07) is 22.6.